The van der Waals surface area contributed by atoms with Gasteiger partial charge in [0.15, 0.2) is 0 Å². The number of amides is 2. The highest BCUT2D eigenvalue weighted by molar-refractivity contribution is 7.97. The molecule has 0 bridgehead atoms. The molecule has 1 atom stereocenters. The number of fused-ring (bicyclic) bond motifs is 1. The molecule has 2 aromatic carbocycles. The molecule has 1 aliphatic carbocycles. The van der Waals surface area contributed by atoms with Gasteiger partial charge in [-0.1, -0.05) is 36.4 Å². The molecule has 4 rings (SSSR count). The van der Waals surface area contributed by atoms with Crippen LogP contribution in [0.25, 0.3) is 11.0 Å². The SMILES string of the molecule is CSCc1nc2ccccc2n1CC(=O)Nc1ccccc1NC(=O)CC1C=CCC1. The van der Waals surface area contributed by atoms with E-state index < -0.39 is 0 Å². The second kappa shape index (κ2) is 9.83. The lowest BCUT2D eigenvalue weighted by Crippen LogP contribution is -2.22. The molecule has 2 amide bonds. The van der Waals surface area contributed by atoms with E-state index in [4.69, 9.17) is 0 Å². The number of aromatic nitrogens is 2. The quantitative estimate of drug-likeness (QED) is 0.498. The zero-order valence-corrected chi connectivity index (χ0v) is 18.3. The van der Waals surface area contributed by atoms with E-state index in [1.807, 2.05) is 53.3 Å². The Kier molecular flexibility index (Phi) is 6.72. The molecule has 2 N–H and O–H groups in total. The average molecular weight is 435 g/mol. The smallest absolute Gasteiger partial charge is 0.244 e. The fraction of sp³-hybridized carbons (Fsp3) is 0.292. The summed E-state index contributed by atoms with van der Waals surface area (Å²) < 4.78 is 1.95. The van der Waals surface area contributed by atoms with E-state index in [0.717, 1.165) is 35.5 Å². The first-order valence-corrected chi connectivity index (χ1v) is 11.8. The topological polar surface area (TPSA) is 76.0 Å². The zero-order valence-electron chi connectivity index (χ0n) is 17.5. The van der Waals surface area contributed by atoms with E-state index in [1.54, 1.807) is 17.8 Å². The maximum absolute atomic E-state index is 12.9. The van der Waals surface area contributed by atoms with Crippen LogP contribution in [0.5, 0.6) is 0 Å². The summed E-state index contributed by atoms with van der Waals surface area (Å²) >= 11 is 1.67. The van der Waals surface area contributed by atoms with Crippen molar-refractivity contribution in [2.75, 3.05) is 16.9 Å². The standard InChI is InChI=1S/C24H26N4O2S/c1-31-16-22-25-20-12-6-7-13-21(20)28(22)15-24(30)27-19-11-5-4-10-18(19)26-23(29)14-17-8-2-3-9-17/h2,4-8,10-13,17H,3,9,14-16H2,1H3,(H,26,29)(H,27,30). The molecule has 6 nitrogen and oxygen atoms in total. The molecule has 7 heteroatoms. The van der Waals surface area contributed by atoms with Crippen molar-refractivity contribution < 1.29 is 9.59 Å². The molecule has 1 unspecified atom stereocenters. The van der Waals surface area contributed by atoms with E-state index in [2.05, 4.69) is 27.8 Å². The molecule has 1 aromatic heterocycles. The van der Waals surface area contributed by atoms with Gasteiger partial charge in [-0.05, 0) is 49.3 Å². The Bertz CT molecular complexity index is 1120. The highest BCUT2D eigenvalue weighted by Gasteiger charge is 2.17. The number of allylic oxidation sites excluding steroid dienone is 2. The molecule has 0 radical (unpaired) electrons. The van der Waals surface area contributed by atoms with Gasteiger partial charge in [-0.2, -0.15) is 11.8 Å². The monoisotopic (exact) mass is 434 g/mol. The molecule has 1 aliphatic rings. The first-order valence-electron chi connectivity index (χ1n) is 10.4. The fourth-order valence-corrected chi connectivity index (χ4v) is 4.36. The summed E-state index contributed by atoms with van der Waals surface area (Å²) in [6.45, 7) is 0.158. The van der Waals surface area contributed by atoms with Crippen molar-refractivity contribution >= 4 is 46.0 Å². The molecule has 0 saturated carbocycles. The Balaban J connectivity index is 1.47. The van der Waals surface area contributed by atoms with Gasteiger partial charge >= 0.3 is 0 Å². The minimum Gasteiger partial charge on any atom is -0.324 e. The maximum atomic E-state index is 12.9. The summed E-state index contributed by atoms with van der Waals surface area (Å²) in [5.74, 6) is 1.69. The normalized spacial score (nSPS) is 15.3. The minimum absolute atomic E-state index is 0.0406. The van der Waals surface area contributed by atoms with Gasteiger partial charge in [-0.15, -0.1) is 0 Å². The number of imidazole rings is 1. The first-order chi connectivity index (χ1) is 15.1. The Morgan fingerprint density at radius 3 is 2.48 bits per heavy atom. The molecule has 0 fully saturated rings. The van der Waals surface area contributed by atoms with Crippen molar-refractivity contribution in [1.82, 2.24) is 9.55 Å². The predicted molar refractivity (Wildman–Crippen MR) is 127 cm³/mol. The van der Waals surface area contributed by atoms with Crippen molar-refractivity contribution in [3.8, 4) is 0 Å². The van der Waals surface area contributed by atoms with Crippen molar-refractivity contribution in [3.63, 3.8) is 0 Å². The number of hydrogen-bond acceptors (Lipinski definition) is 4. The van der Waals surface area contributed by atoms with Gasteiger partial charge in [0, 0.05) is 6.42 Å². The molecule has 0 aliphatic heterocycles. The van der Waals surface area contributed by atoms with Gasteiger partial charge in [-0.3, -0.25) is 9.59 Å². The largest absolute Gasteiger partial charge is 0.324 e. The lowest BCUT2D eigenvalue weighted by atomic mass is 10.0. The molecular weight excluding hydrogens is 408 g/mol. The van der Waals surface area contributed by atoms with Crippen molar-refractivity contribution in [2.24, 2.45) is 5.92 Å². The summed E-state index contributed by atoms with van der Waals surface area (Å²) in [5.41, 5.74) is 3.03. The van der Waals surface area contributed by atoms with Crippen LogP contribution >= 0.6 is 11.8 Å². The number of nitrogens with one attached hydrogen (secondary N) is 2. The first kappa shape index (κ1) is 21.2. The van der Waals surface area contributed by atoms with E-state index in [-0.39, 0.29) is 18.4 Å². The second-order valence-corrected chi connectivity index (χ2v) is 8.51. The lowest BCUT2D eigenvalue weighted by Gasteiger charge is -2.14. The van der Waals surface area contributed by atoms with Gasteiger partial charge in [0.25, 0.3) is 0 Å². The van der Waals surface area contributed by atoms with Crippen LogP contribution in [0.4, 0.5) is 11.4 Å². The second-order valence-electron chi connectivity index (χ2n) is 7.65. The molecule has 31 heavy (non-hydrogen) atoms. The predicted octanol–water partition coefficient (Wildman–Crippen LogP) is 4.83. The van der Waals surface area contributed by atoms with Crippen LogP contribution < -0.4 is 10.6 Å². The average Bonchev–Trinajstić information content (AvgIpc) is 3.38. The minimum atomic E-state index is -0.161. The molecular formula is C24H26N4O2S. The summed E-state index contributed by atoms with van der Waals surface area (Å²) in [5, 5.41) is 5.91. The number of thioether (sulfide) groups is 1. The Labute approximate surface area is 186 Å². The third-order valence-corrected chi connectivity index (χ3v) is 5.89. The number of anilines is 2. The van der Waals surface area contributed by atoms with Gasteiger partial charge in [-0.25, -0.2) is 4.98 Å². The zero-order chi connectivity index (χ0) is 21.6. The Morgan fingerprint density at radius 2 is 1.77 bits per heavy atom. The number of hydrogen-bond donors (Lipinski definition) is 2. The summed E-state index contributed by atoms with van der Waals surface area (Å²) in [6, 6.07) is 15.1. The summed E-state index contributed by atoms with van der Waals surface area (Å²) in [7, 11) is 0. The van der Waals surface area contributed by atoms with Crippen LogP contribution in [0.3, 0.4) is 0 Å². The molecule has 3 aromatic rings. The van der Waals surface area contributed by atoms with Crippen LogP contribution in [0.2, 0.25) is 0 Å². The Hall–Kier alpha value is -3.06. The number of nitrogens with zero attached hydrogens (tertiary/aromatic N) is 2. The van der Waals surface area contributed by atoms with Crippen LogP contribution in [-0.4, -0.2) is 27.6 Å². The van der Waals surface area contributed by atoms with Crippen LogP contribution in [-0.2, 0) is 21.9 Å². The fourth-order valence-electron chi connectivity index (χ4n) is 3.88. The van der Waals surface area contributed by atoms with Crippen molar-refractivity contribution in [3.05, 3.63) is 66.5 Å². The third-order valence-electron chi connectivity index (χ3n) is 5.34. The Morgan fingerprint density at radius 1 is 1.06 bits per heavy atom. The number of para-hydroxylation sites is 4. The molecule has 1 heterocycles. The summed E-state index contributed by atoms with van der Waals surface area (Å²) in [4.78, 5) is 30.0. The van der Waals surface area contributed by atoms with Crippen LogP contribution in [0.1, 0.15) is 25.1 Å². The van der Waals surface area contributed by atoms with Gasteiger partial charge in [0.05, 0.1) is 28.2 Å². The lowest BCUT2D eigenvalue weighted by molar-refractivity contribution is -0.117. The highest BCUT2D eigenvalue weighted by atomic mass is 32.2. The van der Waals surface area contributed by atoms with Crippen LogP contribution in [0.15, 0.2) is 60.7 Å². The van der Waals surface area contributed by atoms with E-state index in [1.165, 1.54) is 0 Å². The maximum Gasteiger partial charge on any atom is 0.244 e. The molecule has 0 saturated heterocycles. The third kappa shape index (κ3) is 5.17. The van der Waals surface area contributed by atoms with Gasteiger partial charge < -0.3 is 15.2 Å². The highest BCUT2D eigenvalue weighted by Crippen LogP contribution is 2.25. The number of carbonyl (C=O) groups is 2. The number of carbonyl (C=O) groups excluding carboxylic acids is 2. The van der Waals surface area contributed by atoms with E-state index in [0.29, 0.717) is 23.7 Å². The molecule has 0 spiro atoms. The molecule has 160 valence electrons. The van der Waals surface area contributed by atoms with Gasteiger partial charge in [0.1, 0.15) is 12.4 Å². The van der Waals surface area contributed by atoms with E-state index in [9.17, 15) is 9.59 Å². The summed E-state index contributed by atoms with van der Waals surface area (Å²) in [6.07, 6.45) is 8.75. The number of rotatable bonds is 8. The van der Waals surface area contributed by atoms with Gasteiger partial charge in [0.2, 0.25) is 11.8 Å². The van der Waals surface area contributed by atoms with Crippen LogP contribution in [0, 0.1) is 5.92 Å². The van der Waals surface area contributed by atoms with Crippen molar-refractivity contribution in [1.29, 1.82) is 0 Å². The van der Waals surface area contributed by atoms with E-state index >= 15 is 0 Å². The number of benzene rings is 2. The van der Waals surface area contributed by atoms with Crippen molar-refractivity contribution in [2.45, 2.75) is 31.6 Å².